The fourth-order valence-electron chi connectivity index (χ4n) is 4.03. The minimum atomic E-state index is -0.424. The highest BCUT2D eigenvalue weighted by Crippen LogP contribution is 2.32. The molecule has 6 nitrogen and oxygen atoms in total. The van der Waals surface area contributed by atoms with Gasteiger partial charge in [0.05, 0.1) is 36.5 Å². The number of hydrogen-bond acceptors (Lipinski definition) is 6. The molecule has 0 aromatic heterocycles. The highest BCUT2D eigenvalue weighted by molar-refractivity contribution is 9.10. The number of esters is 2. The topological polar surface area (TPSA) is 93.1 Å². The Hall–Kier alpha value is -2.78. The van der Waals surface area contributed by atoms with Crippen LogP contribution in [0.2, 0.25) is 0 Å². The van der Waals surface area contributed by atoms with Crippen molar-refractivity contribution in [3.8, 4) is 0 Å². The number of hydrogen-bond donors (Lipinski definition) is 2. The van der Waals surface area contributed by atoms with Gasteiger partial charge in [0.25, 0.3) is 0 Å². The predicted octanol–water partition coefficient (Wildman–Crippen LogP) is 7.32. The van der Waals surface area contributed by atoms with Gasteiger partial charge in [-0.1, -0.05) is 64.5 Å². The summed E-state index contributed by atoms with van der Waals surface area (Å²) >= 11 is 6.78. The van der Waals surface area contributed by atoms with Gasteiger partial charge in [-0.05, 0) is 88.4 Å². The Kier molecular flexibility index (Phi) is 10.4. The smallest absolute Gasteiger partial charge is 0.340 e. The molecule has 0 radical (unpaired) electrons. The lowest BCUT2D eigenvalue weighted by atomic mass is 9.99. The maximum Gasteiger partial charge on any atom is 0.340 e. The molecule has 200 valence electrons. The highest BCUT2D eigenvalue weighted by atomic mass is 79.9. The average Bonchev–Trinajstić information content (AvgIpc) is 2.87. The molecule has 0 saturated carbocycles. The first-order valence-electron chi connectivity index (χ1n) is 12.1. The second-order valence-corrected chi connectivity index (χ2v) is 10.8. The fourth-order valence-corrected chi connectivity index (χ4v) is 5.25. The van der Waals surface area contributed by atoms with E-state index in [0.717, 1.165) is 26.4 Å². The van der Waals surface area contributed by atoms with Crippen molar-refractivity contribution in [2.75, 3.05) is 0 Å². The number of rotatable bonds is 6. The van der Waals surface area contributed by atoms with E-state index in [4.69, 9.17) is 9.47 Å². The van der Waals surface area contributed by atoms with Crippen molar-refractivity contribution in [2.24, 2.45) is 0 Å². The molecule has 0 aliphatic carbocycles. The van der Waals surface area contributed by atoms with Gasteiger partial charge in [-0.3, -0.25) is 0 Å². The van der Waals surface area contributed by atoms with Gasteiger partial charge in [0.15, 0.2) is 0 Å². The summed E-state index contributed by atoms with van der Waals surface area (Å²) in [5.41, 5.74) is 2.56. The summed E-state index contributed by atoms with van der Waals surface area (Å²) in [6.07, 6.45) is -0.440. The van der Waals surface area contributed by atoms with Crippen LogP contribution in [0.15, 0.2) is 69.6 Å². The normalized spacial score (nSPS) is 11.0. The number of carbonyl (C=O) groups excluding carboxylic acids is 2. The number of aliphatic hydroxyl groups excluding tert-OH is 2. The van der Waals surface area contributed by atoms with E-state index in [0.29, 0.717) is 26.4 Å². The van der Waals surface area contributed by atoms with Crippen LogP contribution in [0, 0.1) is 0 Å². The number of ether oxygens (including phenoxy) is 2. The van der Waals surface area contributed by atoms with E-state index in [1.807, 2.05) is 42.5 Å². The van der Waals surface area contributed by atoms with Crippen molar-refractivity contribution in [3.63, 3.8) is 0 Å². The third-order valence-corrected chi connectivity index (χ3v) is 6.95. The molecule has 4 aromatic rings. The molecule has 0 aliphatic heterocycles. The molecule has 0 aliphatic rings. The molecule has 0 amide bonds. The first-order chi connectivity index (χ1) is 18.1. The summed E-state index contributed by atoms with van der Waals surface area (Å²) in [5.74, 6) is -0.840. The van der Waals surface area contributed by atoms with Crippen molar-refractivity contribution in [2.45, 2.75) is 53.1 Å². The Bertz CT molecular complexity index is 1460. The molecule has 0 fully saturated rings. The van der Waals surface area contributed by atoms with E-state index in [9.17, 15) is 19.8 Å². The number of carbonyl (C=O) groups is 2. The third-order valence-electron chi connectivity index (χ3n) is 5.62. The zero-order chi connectivity index (χ0) is 28.0. The molecule has 4 rings (SSSR count). The number of benzene rings is 4. The highest BCUT2D eigenvalue weighted by Gasteiger charge is 2.22. The fraction of sp³-hybridized carbons (Fsp3) is 0.267. The van der Waals surface area contributed by atoms with Crippen LogP contribution < -0.4 is 0 Å². The maximum absolute atomic E-state index is 12.4. The molecule has 0 bridgehead atoms. The quantitative estimate of drug-likeness (QED) is 0.214. The summed E-state index contributed by atoms with van der Waals surface area (Å²) in [4.78, 5) is 24.7. The summed E-state index contributed by atoms with van der Waals surface area (Å²) in [7, 11) is 0. The van der Waals surface area contributed by atoms with E-state index in [2.05, 4.69) is 31.9 Å². The zero-order valence-electron chi connectivity index (χ0n) is 21.6. The standard InChI is InChI=1S/C18H19BrO4.C12H11BrO2/c1-10(2)22-17(20)14-9-15(19)16(18(21)23-11(3)4)13-8-6-5-7-12(13)14;13-12-5-8(6-14)9-3-1-2-4-10(9)11(12)7-15/h5-11H,1-4H3;1-5,14-15H,6-7H2. The Morgan fingerprint density at radius 3 is 1.79 bits per heavy atom. The number of halogens is 2. The van der Waals surface area contributed by atoms with E-state index in [1.54, 1.807) is 45.9 Å². The summed E-state index contributed by atoms with van der Waals surface area (Å²) in [5, 5.41) is 21.8. The molecular weight excluding hydrogens is 616 g/mol. The third kappa shape index (κ3) is 6.80. The van der Waals surface area contributed by atoms with Gasteiger partial charge < -0.3 is 19.7 Å². The van der Waals surface area contributed by atoms with Crippen molar-refractivity contribution < 1.29 is 29.3 Å². The van der Waals surface area contributed by atoms with Crippen molar-refractivity contribution in [1.29, 1.82) is 0 Å². The maximum atomic E-state index is 12.4. The van der Waals surface area contributed by atoms with Gasteiger partial charge >= 0.3 is 11.9 Å². The molecule has 0 saturated heterocycles. The lowest BCUT2D eigenvalue weighted by Gasteiger charge is -2.15. The van der Waals surface area contributed by atoms with Crippen molar-refractivity contribution >= 4 is 65.3 Å². The van der Waals surface area contributed by atoms with Gasteiger partial charge in [0, 0.05) is 8.95 Å². The van der Waals surface area contributed by atoms with E-state index >= 15 is 0 Å². The molecular formula is C30H30Br2O6. The molecule has 0 heterocycles. The first-order valence-corrected chi connectivity index (χ1v) is 13.7. The Labute approximate surface area is 238 Å². The summed E-state index contributed by atoms with van der Waals surface area (Å²) < 4.78 is 11.9. The summed E-state index contributed by atoms with van der Waals surface area (Å²) in [6.45, 7) is 7.18. The van der Waals surface area contributed by atoms with E-state index < -0.39 is 11.9 Å². The zero-order valence-corrected chi connectivity index (χ0v) is 24.8. The van der Waals surface area contributed by atoms with Gasteiger partial charge in [-0.2, -0.15) is 0 Å². The second-order valence-electron chi connectivity index (χ2n) is 9.09. The Balaban J connectivity index is 0.000000230. The monoisotopic (exact) mass is 644 g/mol. The van der Waals surface area contributed by atoms with Gasteiger partial charge in [0.2, 0.25) is 0 Å². The molecule has 38 heavy (non-hydrogen) atoms. The molecule has 8 heteroatoms. The predicted molar refractivity (Wildman–Crippen MR) is 156 cm³/mol. The first kappa shape index (κ1) is 29.8. The largest absolute Gasteiger partial charge is 0.459 e. The van der Waals surface area contributed by atoms with Crippen molar-refractivity contribution in [3.05, 3.63) is 91.9 Å². The van der Waals surface area contributed by atoms with E-state index in [1.165, 1.54) is 0 Å². The molecule has 0 spiro atoms. The van der Waals surface area contributed by atoms with Crippen LogP contribution in [-0.4, -0.2) is 34.4 Å². The Morgan fingerprint density at radius 1 is 0.711 bits per heavy atom. The Morgan fingerprint density at radius 2 is 1.24 bits per heavy atom. The lowest BCUT2D eigenvalue weighted by molar-refractivity contribution is 0.0364. The number of aliphatic hydroxyl groups is 2. The van der Waals surface area contributed by atoms with Gasteiger partial charge in [-0.25, -0.2) is 9.59 Å². The summed E-state index contributed by atoms with van der Waals surface area (Å²) in [6, 6.07) is 18.5. The second kappa shape index (κ2) is 13.3. The van der Waals surface area contributed by atoms with Crippen LogP contribution in [0.25, 0.3) is 21.5 Å². The van der Waals surface area contributed by atoms with Crippen LogP contribution in [0.5, 0.6) is 0 Å². The van der Waals surface area contributed by atoms with Crippen molar-refractivity contribution in [1.82, 2.24) is 0 Å². The minimum Gasteiger partial charge on any atom is -0.459 e. The van der Waals surface area contributed by atoms with Gasteiger partial charge in [-0.15, -0.1) is 0 Å². The number of fused-ring (bicyclic) bond motifs is 2. The average molecular weight is 646 g/mol. The molecule has 0 unspecified atom stereocenters. The van der Waals surface area contributed by atoms with Crippen LogP contribution in [0.4, 0.5) is 0 Å². The van der Waals surface area contributed by atoms with Crippen LogP contribution >= 0.6 is 31.9 Å². The molecule has 4 aromatic carbocycles. The van der Waals surface area contributed by atoms with Crippen LogP contribution in [0.1, 0.15) is 59.5 Å². The molecule has 2 N–H and O–H groups in total. The van der Waals surface area contributed by atoms with Crippen LogP contribution in [0.3, 0.4) is 0 Å². The lowest BCUT2D eigenvalue weighted by Crippen LogP contribution is -2.15. The minimum absolute atomic E-state index is 0.00478. The van der Waals surface area contributed by atoms with Gasteiger partial charge in [0.1, 0.15) is 0 Å². The van der Waals surface area contributed by atoms with E-state index in [-0.39, 0.29) is 25.4 Å². The SMILES string of the molecule is CC(C)OC(=O)c1cc(Br)c(C(=O)OC(C)C)c2ccccc12.OCc1cc(Br)c(CO)c2ccccc12. The molecule has 0 atom stereocenters. The van der Waals surface area contributed by atoms with Crippen LogP contribution in [-0.2, 0) is 22.7 Å².